The van der Waals surface area contributed by atoms with Crippen molar-refractivity contribution in [1.82, 2.24) is 19.4 Å². The Bertz CT molecular complexity index is 1050. The summed E-state index contributed by atoms with van der Waals surface area (Å²) in [6.07, 6.45) is 2.72. The molecule has 5 nitrogen and oxygen atoms in total. The molecular weight excluding hydrogens is 364 g/mol. The third kappa shape index (κ3) is 2.55. The van der Waals surface area contributed by atoms with Gasteiger partial charge in [0.2, 0.25) is 0 Å². The number of hydrogen-bond donors (Lipinski definition) is 0. The monoisotopic (exact) mass is 380 g/mol. The van der Waals surface area contributed by atoms with Crippen molar-refractivity contribution in [2.75, 3.05) is 13.1 Å². The molecule has 0 radical (unpaired) electrons. The normalized spacial score (nSPS) is 17.2. The summed E-state index contributed by atoms with van der Waals surface area (Å²) in [6.45, 7) is 1.45. The highest BCUT2D eigenvalue weighted by atomic mass is 32.1. The lowest BCUT2D eigenvalue weighted by molar-refractivity contribution is 0.0788. The Labute approximate surface area is 158 Å². The Kier molecular flexibility index (Phi) is 3.83. The molecule has 7 heteroatoms. The van der Waals surface area contributed by atoms with E-state index < -0.39 is 0 Å². The summed E-state index contributed by atoms with van der Waals surface area (Å²) >= 11 is 3.22. The van der Waals surface area contributed by atoms with Crippen molar-refractivity contribution >= 4 is 39.7 Å². The first-order valence-electron chi connectivity index (χ1n) is 8.48. The van der Waals surface area contributed by atoms with Crippen LogP contribution in [0.1, 0.15) is 22.8 Å². The molecule has 5 rings (SSSR count). The number of rotatable bonds is 3. The standard InChI is InChI=1S/C19H16N4OS2/c24-19(14-5-9-26-12-14)22-7-3-15(10-22)23-17(13-4-8-25-11-13)21-16-2-1-6-20-18(16)23/h1-2,4-6,8-9,11-12,15H,3,7,10H2/t15-/m0/s1. The summed E-state index contributed by atoms with van der Waals surface area (Å²) in [4.78, 5) is 24.0. The van der Waals surface area contributed by atoms with Crippen LogP contribution in [0.2, 0.25) is 0 Å². The van der Waals surface area contributed by atoms with Crippen molar-refractivity contribution in [3.63, 3.8) is 0 Å². The molecule has 1 atom stereocenters. The number of amides is 1. The molecule has 1 saturated heterocycles. The number of likely N-dealkylation sites (tertiary alicyclic amines) is 1. The highest BCUT2D eigenvalue weighted by molar-refractivity contribution is 7.08. The maximum absolute atomic E-state index is 12.7. The molecule has 5 heterocycles. The first-order valence-corrected chi connectivity index (χ1v) is 10.4. The number of carbonyl (C=O) groups excluding carboxylic acids is 1. The van der Waals surface area contributed by atoms with E-state index >= 15 is 0 Å². The highest BCUT2D eigenvalue weighted by Gasteiger charge is 2.31. The molecule has 1 aliphatic rings. The Balaban J connectivity index is 1.53. The first-order chi connectivity index (χ1) is 12.8. The molecule has 0 bridgehead atoms. The van der Waals surface area contributed by atoms with E-state index in [1.54, 1.807) is 28.9 Å². The molecule has 0 aliphatic carbocycles. The van der Waals surface area contributed by atoms with Crippen LogP contribution in [0.4, 0.5) is 0 Å². The van der Waals surface area contributed by atoms with Crippen molar-refractivity contribution in [3.05, 3.63) is 57.5 Å². The summed E-state index contributed by atoms with van der Waals surface area (Å²) in [5.74, 6) is 1.05. The van der Waals surface area contributed by atoms with E-state index in [0.29, 0.717) is 6.54 Å². The minimum absolute atomic E-state index is 0.114. The SMILES string of the molecule is O=C(c1ccsc1)N1CC[C@H](n2c(-c3ccsc3)nc3cccnc32)C1. The molecule has 0 spiro atoms. The highest BCUT2D eigenvalue weighted by Crippen LogP contribution is 2.33. The summed E-state index contributed by atoms with van der Waals surface area (Å²) < 4.78 is 2.22. The zero-order valence-electron chi connectivity index (χ0n) is 13.9. The average molecular weight is 380 g/mol. The maximum Gasteiger partial charge on any atom is 0.254 e. The molecule has 1 amide bonds. The molecule has 1 aliphatic heterocycles. The Morgan fingerprint density at radius 3 is 2.85 bits per heavy atom. The van der Waals surface area contributed by atoms with E-state index in [1.807, 2.05) is 33.9 Å². The van der Waals surface area contributed by atoms with Crippen molar-refractivity contribution in [2.45, 2.75) is 12.5 Å². The summed E-state index contributed by atoms with van der Waals surface area (Å²) in [7, 11) is 0. The zero-order chi connectivity index (χ0) is 17.5. The average Bonchev–Trinajstić information content (AvgIpc) is 3.47. The fraction of sp³-hybridized carbons (Fsp3) is 0.211. The number of carbonyl (C=O) groups is 1. The van der Waals surface area contributed by atoms with Crippen LogP contribution < -0.4 is 0 Å². The second-order valence-corrected chi connectivity index (χ2v) is 7.93. The lowest BCUT2D eigenvalue weighted by Crippen LogP contribution is -2.28. The molecule has 130 valence electrons. The Hall–Kier alpha value is -2.51. The minimum atomic E-state index is 0.114. The van der Waals surface area contributed by atoms with Crippen molar-refractivity contribution in [1.29, 1.82) is 0 Å². The fourth-order valence-electron chi connectivity index (χ4n) is 3.58. The van der Waals surface area contributed by atoms with Gasteiger partial charge in [-0.25, -0.2) is 9.97 Å². The predicted octanol–water partition coefficient (Wildman–Crippen LogP) is 4.31. The van der Waals surface area contributed by atoms with Crippen LogP contribution in [0.25, 0.3) is 22.6 Å². The fourth-order valence-corrected chi connectivity index (χ4v) is 4.84. The number of imidazole rings is 1. The van der Waals surface area contributed by atoms with Gasteiger partial charge in [-0.3, -0.25) is 4.79 Å². The third-order valence-corrected chi connectivity index (χ3v) is 6.18. The van der Waals surface area contributed by atoms with Crippen molar-refractivity contribution < 1.29 is 4.79 Å². The van der Waals surface area contributed by atoms with Crippen LogP contribution in [-0.4, -0.2) is 38.4 Å². The van der Waals surface area contributed by atoms with Crippen LogP contribution in [0.15, 0.2) is 52.0 Å². The van der Waals surface area contributed by atoms with Crippen LogP contribution >= 0.6 is 22.7 Å². The Morgan fingerprint density at radius 2 is 2.04 bits per heavy atom. The van der Waals surface area contributed by atoms with E-state index in [-0.39, 0.29) is 11.9 Å². The van der Waals surface area contributed by atoms with Crippen LogP contribution in [0, 0.1) is 0 Å². The molecule has 0 aromatic carbocycles. The van der Waals surface area contributed by atoms with Crippen molar-refractivity contribution in [3.8, 4) is 11.4 Å². The Morgan fingerprint density at radius 1 is 1.15 bits per heavy atom. The van der Waals surface area contributed by atoms with Gasteiger partial charge in [0.1, 0.15) is 11.3 Å². The largest absolute Gasteiger partial charge is 0.336 e. The molecule has 1 fully saturated rings. The molecule has 0 N–H and O–H groups in total. The number of fused-ring (bicyclic) bond motifs is 1. The summed E-state index contributed by atoms with van der Waals surface area (Å²) in [5, 5.41) is 8.04. The molecule has 4 aromatic rings. The van der Waals surface area contributed by atoms with Crippen LogP contribution in [0.5, 0.6) is 0 Å². The van der Waals surface area contributed by atoms with E-state index in [0.717, 1.165) is 41.1 Å². The van der Waals surface area contributed by atoms with E-state index in [2.05, 4.69) is 26.4 Å². The van der Waals surface area contributed by atoms with Gasteiger partial charge in [0, 0.05) is 35.6 Å². The molecular formula is C19H16N4OS2. The second kappa shape index (κ2) is 6.34. The summed E-state index contributed by atoms with van der Waals surface area (Å²) in [5.41, 5.74) is 3.68. The van der Waals surface area contributed by atoms with Gasteiger partial charge in [-0.15, -0.1) is 0 Å². The smallest absolute Gasteiger partial charge is 0.254 e. The number of aromatic nitrogens is 3. The number of hydrogen-bond acceptors (Lipinski definition) is 5. The van der Waals surface area contributed by atoms with Gasteiger partial charge in [0.15, 0.2) is 5.65 Å². The topological polar surface area (TPSA) is 51.0 Å². The van der Waals surface area contributed by atoms with Gasteiger partial charge in [-0.05, 0) is 41.4 Å². The van der Waals surface area contributed by atoms with Gasteiger partial charge in [-0.2, -0.15) is 22.7 Å². The van der Waals surface area contributed by atoms with Crippen LogP contribution in [-0.2, 0) is 0 Å². The number of nitrogens with zero attached hydrogens (tertiary/aromatic N) is 4. The summed E-state index contributed by atoms with van der Waals surface area (Å²) in [6, 6.07) is 8.08. The molecule has 0 saturated carbocycles. The minimum Gasteiger partial charge on any atom is -0.336 e. The lowest BCUT2D eigenvalue weighted by Gasteiger charge is -2.18. The first kappa shape index (κ1) is 15.7. The van der Waals surface area contributed by atoms with E-state index in [1.165, 1.54) is 0 Å². The third-order valence-electron chi connectivity index (χ3n) is 4.81. The van der Waals surface area contributed by atoms with Crippen LogP contribution in [0.3, 0.4) is 0 Å². The van der Waals surface area contributed by atoms with Gasteiger partial charge >= 0.3 is 0 Å². The maximum atomic E-state index is 12.7. The number of pyridine rings is 1. The quantitative estimate of drug-likeness (QED) is 0.532. The van der Waals surface area contributed by atoms with E-state index in [9.17, 15) is 4.79 Å². The second-order valence-electron chi connectivity index (χ2n) is 6.37. The van der Waals surface area contributed by atoms with E-state index in [4.69, 9.17) is 4.98 Å². The van der Waals surface area contributed by atoms with Gasteiger partial charge in [0.25, 0.3) is 5.91 Å². The molecule has 26 heavy (non-hydrogen) atoms. The molecule has 4 aromatic heterocycles. The van der Waals surface area contributed by atoms with Gasteiger partial charge in [0.05, 0.1) is 11.6 Å². The van der Waals surface area contributed by atoms with Gasteiger partial charge in [-0.1, -0.05) is 0 Å². The lowest BCUT2D eigenvalue weighted by atomic mass is 10.2. The van der Waals surface area contributed by atoms with Crippen molar-refractivity contribution in [2.24, 2.45) is 0 Å². The number of thiophene rings is 2. The molecule has 0 unspecified atom stereocenters. The zero-order valence-corrected chi connectivity index (χ0v) is 15.5. The van der Waals surface area contributed by atoms with Gasteiger partial charge < -0.3 is 9.47 Å². The predicted molar refractivity (Wildman–Crippen MR) is 105 cm³/mol.